The van der Waals surface area contributed by atoms with Gasteiger partial charge in [0.2, 0.25) is 0 Å². The van der Waals surface area contributed by atoms with Gasteiger partial charge in [-0.3, -0.25) is 0 Å². The van der Waals surface area contributed by atoms with Crippen LogP contribution < -0.4 is 5.73 Å². The fourth-order valence-corrected chi connectivity index (χ4v) is 2.78. The number of nitrogen functional groups attached to an aromatic ring is 1. The molecule has 0 amide bonds. The maximum absolute atomic E-state index is 5.97. The standard InChI is InChI=1S/C14H18N4/c1-10-12(7-4-8-13(10)15)14-17-16-9-18(14)11-5-2-3-6-11/h4,7-9,11H,2-3,5-6,15H2,1H3. The largest absolute Gasteiger partial charge is 0.398 e. The normalized spacial score (nSPS) is 16.3. The number of benzene rings is 1. The van der Waals surface area contributed by atoms with Crippen molar-refractivity contribution in [1.29, 1.82) is 0 Å². The lowest BCUT2D eigenvalue weighted by Gasteiger charge is -2.15. The van der Waals surface area contributed by atoms with Crippen molar-refractivity contribution in [3.8, 4) is 11.4 Å². The highest BCUT2D eigenvalue weighted by molar-refractivity contribution is 5.67. The molecule has 4 heteroatoms. The van der Waals surface area contributed by atoms with Gasteiger partial charge in [0, 0.05) is 17.3 Å². The first-order chi connectivity index (χ1) is 8.77. The zero-order valence-electron chi connectivity index (χ0n) is 10.6. The van der Waals surface area contributed by atoms with Crippen LogP contribution >= 0.6 is 0 Å². The van der Waals surface area contributed by atoms with Crippen molar-refractivity contribution in [3.63, 3.8) is 0 Å². The lowest BCUT2D eigenvalue weighted by Crippen LogP contribution is -2.06. The summed E-state index contributed by atoms with van der Waals surface area (Å²) in [7, 11) is 0. The quantitative estimate of drug-likeness (QED) is 0.824. The second-order valence-corrected chi connectivity index (χ2v) is 5.02. The molecule has 0 aliphatic heterocycles. The van der Waals surface area contributed by atoms with Crippen LogP contribution in [-0.4, -0.2) is 14.8 Å². The van der Waals surface area contributed by atoms with Gasteiger partial charge in [0.05, 0.1) is 0 Å². The number of hydrogen-bond donors (Lipinski definition) is 1. The smallest absolute Gasteiger partial charge is 0.164 e. The molecule has 0 unspecified atom stereocenters. The Labute approximate surface area is 107 Å². The average Bonchev–Trinajstić information content (AvgIpc) is 3.01. The van der Waals surface area contributed by atoms with Crippen LogP contribution in [0.15, 0.2) is 24.5 Å². The van der Waals surface area contributed by atoms with Gasteiger partial charge < -0.3 is 10.3 Å². The van der Waals surface area contributed by atoms with E-state index in [9.17, 15) is 0 Å². The van der Waals surface area contributed by atoms with Crippen LogP contribution in [0, 0.1) is 6.92 Å². The molecule has 1 heterocycles. The van der Waals surface area contributed by atoms with Crippen molar-refractivity contribution in [2.75, 3.05) is 5.73 Å². The summed E-state index contributed by atoms with van der Waals surface area (Å²) in [6.07, 6.45) is 6.92. The number of anilines is 1. The van der Waals surface area contributed by atoms with Gasteiger partial charge in [-0.15, -0.1) is 10.2 Å². The molecule has 1 aliphatic rings. The molecule has 1 aromatic heterocycles. The fourth-order valence-electron chi connectivity index (χ4n) is 2.78. The Morgan fingerprint density at radius 3 is 2.83 bits per heavy atom. The molecule has 0 bridgehead atoms. The van der Waals surface area contributed by atoms with Crippen LogP contribution in [0.1, 0.15) is 37.3 Å². The molecule has 18 heavy (non-hydrogen) atoms. The average molecular weight is 242 g/mol. The highest BCUT2D eigenvalue weighted by Gasteiger charge is 2.21. The van der Waals surface area contributed by atoms with Gasteiger partial charge >= 0.3 is 0 Å². The van der Waals surface area contributed by atoms with Gasteiger partial charge in [-0.05, 0) is 31.4 Å². The molecule has 0 saturated heterocycles. The Bertz CT molecular complexity index is 553. The Hall–Kier alpha value is -1.84. The molecule has 1 saturated carbocycles. The van der Waals surface area contributed by atoms with E-state index in [4.69, 9.17) is 5.73 Å². The topological polar surface area (TPSA) is 56.7 Å². The van der Waals surface area contributed by atoms with E-state index in [1.165, 1.54) is 25.7 Å². The molecule has 2 aromatic rings. The highest BCUT2D eigenvalue weighted by Crippen LogP contribution is 2.34. The molecule has 4 nitrogen and oxygen atoms in total. The van der Waals surface area contributed by atoms with E-state index in [-0.39, 0.29) is 0 Å². The first kappa shape index (κ1) is 11.3. The van der Waals surface area contributed by atoms with E-state index in [2.05, 4.69) is 20.8 Å². The molecule has 94 valence electrons. The minimum Gasteiger partial charge on any atom is -0.398 e. The maximum atomic E-state index is 5.97. The van der Waals surface area contributed by atoms with Crippen LogP contribution in [0.2, 0.25) is 0 Å². The van der Waals surface area contributed by atoms with E-state index in [1.54, 1.807) is 0 Å². The summed E-state index contributed by atoms with van der Waals surface area (Å²) in [5.74, 6) is 0.951. The predicted molar refractivity (Wildman–Crippen MR) is 72.1 cm³/mol. The van der Waals surface area contributed by atoms with Crippen LogP contribution in [0.4, 0.5) is 5.69 Å². The fraction of sp³-hybridized carbons (Fsp3) is 0.429. The number of aromatic nitrogens is 3. The lowest BCUT2D eigenvalue weighted by molar-refractivity contribution is 0.522. The Kier molecular flexibility index (Phi) is 2.78. The number of hydrogen-bond acceptors (Lipinski definition) is 3. The second-order valence-electron chi connectivity index (χ2n) is 5.02. The molecule has 1 aromatic carbocycles. The minimum absolute atomic E-state index is 0.552. The van der Waals surface area contributed by atoms with Crippen molar-refractivity contribution in [2.24, 2.45) is 0 Å². The first-order valence-corrected chi connectivity index (χ1v) is 6.52. The Morgan fingerprint density at radius 2 is 2.06 bits per heavy atom. The molecule has 1 fully saturated rings. The molecular weight excluding hydrogens is 224 g/mol. The number of nitrogens with zero attached hydrogens (tertiary/aromatic N) is 3. The highest BCUT2D eigenvalue weighted by atomic mass is 15.3. The zero-order valence-corrected chi connectivity index (χ0v) is 10.6. The van der Waals surface area contributed by atoms with Crippen LogP contribution in [0.25, 0.3) is 11.4 Å². The van der Waals surface area contributed by atoms with E-state index in [0.29, 0.717) is 6.04 Å². The lowest BCUT2D eigenvalue weighted by atomic mass is 10.1. The van der Waals surface area contributed by atoms with Gasteiger partial charge in [-0.1, -0.05) is 25.0 Å². The summed E-state index contributed by atoms with van der Waals surface area (Å²) in [6.45, 7) is 2.04. The summed E-state index contributed by atoms with van der Waals surface area (Å²) in [4.78, 5) is 0. The molecule has 2 N–H and O–H groups in total. The van der Waals surface area contributed by atoms with Gasteiger partial charge in [-0.2, -0.15) is 0 Å². The van der Waals surface area contributed by atoms with Crippen molar-refractivity contribution >= 4 is 5.69 Å². The summed E-state index contributed by atoms with van der Waals surface area (Å²) < 4.78 is 2.22. The van der Waals surface area contributed by atoms with Gasteiger partial charge in [0.15, 0.2) is 5.82 Å². The zero-order chi connectivity index (χ0) is 12.5. The van der Waals surface area contributed by atoms with Crippen molar-refractivity contribution in [1.82, 2.24) is 14.8 Å². The van der Waals surface area contributed by atoms with E-state index in [1.807, 2.05) is 25.4 Å². The molecule has 1 aliphatic carbocycles. The third-order valence-electron chi connectivity index (χ3n) is 3.91. The molecule has 3 rings (SSSR count). The van der Waals surface area contributed by atoms with Crippen LogP contribution in [0.5, 0.6) is 0 Å². The monoisotopic (exact) mass is 242 g/mol. The third kappa shape index (κ3) is 1.78. The summed E-state index contributed by atoms with van der Waals surface area (Å²) in [5, 5.41) is 8.38. The van der Waals surface area contributed by atoms with Crippen molar-refractivity contribution < 1.29 is 0 Å². The number of nitrogens with two attached hydrogens (primary N) is 1. The summed E-state index contributed by atoms with van der Waals surface area (Å²) in [5.41, 5.74) is 8.97. The van der Waals surface area contributed by atoms with Crippen molar-refractivity contribution in [3.05, 3.63) is 30.1 Å². The Balaban J connectivity index is 2.06. The summed E-state index contributed by atoms with van der Waals surface area (Å²) >= 11 is 0. The van der Waals surface area contributed by atoms with Crippen LogP contribution in [0.3, 0.4) is 0 Å². The second kappa shape index (κ2) is 4.44. The summed E-state index contributed by atoms with van der Waals surface area (Å²) in [6, 6.07) is 6.53. The van der Waals surface area contributed by atoms with E-state index in [0.717, 1.165) is 22.6 Å². The van der Waals surface area contributed by atoms with E-state index >= 15 is 0 Å². The molecular formula is C14H18N4. The van der Waals surface area contributed by atoms with Gasteiger partial charge in [0.1, 0.15) is 6.33 Å². The predicted octanol–water partition coefficient (Wildman–Crippen LogP) is 2.95. The first-order valence-electron chi connectivity index (χ1n) is 6.52. The van der Waals surface area contributed by atoms with Crippen LogP contribution in [-0.2, 0) is 0 Å². The molecule has 0 spiro atoms. The Morgan fingerprint density at radius 1 is 1.28 bits per heavy atom. The SMILES string of the molecule is Cc1c(N)cccc1-c1nncn1C1CCCC1. The van der Waals surface area contributed by atoms with Gasteiger partial charge in [0.25, 0.3) is 0 Å². The molecule has 0 radical (unpaired) electrons. The van der Waals surface area contributed by atoms with Gasteiger partial charge in [-0.25, -0.2) is 0 Å². The van der Waals surface area contributed by atoms with E-state index < -0.39 is 0 Å². The molecule has 0 atom stereocenters. The minimum atomic E-state index is 0.552. The van der Waals surface area contributed by atoms with Crippen molar-refractivity contribution in [2.45, 2.75) is 38.6 Å². The maximum Gasteiger partial charge on any atom is 0.164 e. The third-order valence-corrected chi connectivity index (χ3v) is 3.91. The number of rotatable bonds is 2.